The molecule has 40 heteroatoms. The summed E-state index contributed by atoms with van der Waals surface area (Å²) in [5.41, 5.74) is -1.83. The number of rotatable bonds is 34. The smallest absolute Gasteiger partial charge is 0.303 e. The van der Waals surface area contributed by atoms with E-state index in [9.17, 15) is 76.7 Å². The third-order valence-electron chi connectivity index (χ3n) is 15.9. The van der Waals surface area contributed by atoms with Gasteiger partial charge < -0.3 is 105 Å². The van der Waals surface area contributed by atoms with Gasteiger partial charge in [0.1, 0.15) is 73.9 Å². The fourth-order valence-electron chi connectivity index (χ4n) is 11.8. The quantitative estimate of drug-likeness (QED) is 0.0573. The van der Waals surface area contributed by atoms with E-state index in [1.165, 1.54) is 0 Å². The van der Waals surface area contributed by atoms with Crippen LogP contribution >= 0.6 is 23.5 Å². The number of thioether (sulfide) groups is 2. The Labute approximate surface area is 644 Å². The lowest BCUT2D eigenvalue weighted by Gasteiger charge is -2.48. The molecule has 111 heavy (non-hydrogen) atoms. The van der Waals surface area contributed by atoms with E-state index in [1.54, 1.807) is 48.5 Å². The minimum Gasteiger partial charge on any atom is -0.463 e. The van der Waals surface area contributed by atoms with Gasteiger partial charge in [-0.2, -0.15) is 0 Å². The normalized spacial score (nSPS) is 27.4. The lowest BCUT2D eigenvalue weighted by atomic mass is 9.96. The van der Waals surface area contributed by atoms with Crippen molar-refractivity contribution in [1.29, 1.82) is 0 Å². The van der Waals surface area contributed by atoms with Gasteiger partial charge in [0, 0.05) is 131 Å². The largest absolute Gasteiger partial charge is 0.463 e. The third-order valence-corrected chi connectivity index (χ3v) is 18.2. The van der Waals surface area contributed by atoms with Crippen LogP contribution < -0.4 is 10.6 Å². The topological polar surface area (TPSA) is 482 Å². The lowest BCUT2D eigenvalue weighted by molar-refractivity contribution is -0.341. The molecule has 2 N–H and O–H groups in total. The number of hydrogen-bond donors (Lipinski definition) is 2. The minimum atomic E-state index is -1.88. The molecule has 4 fully saturated rings. The minimum absolute atomic E-state index is 0.0600. The molecule has 0 unspecified atom stereocenters. The molecule has 0 bridgehead atoms. The van der Waals surface area contributed by atoms with Gasteiger partial charge in [-0.1, -0.05) is 29.9 Å². The number of carbonyl (C=O) groups excluding carboxylic acids is 16. The van der Waals surface area contributed by atoms with E-state index < -0.39 is 231 Å². The van der Waals surface area contributed by atoms with E-state index in [4.69, 9.17) is 94.7 Å². The highest BCUT2D eigenvalue weighted by molar-refractivity contribution is 8.00. The van der Waals surface area contributed by atoms with Crippen LogP contribution in [0.1, 0.15) is 129 Å². The molecule has 2 amide bonds. The van der Waals surface area contributed by atoms with Crippen molar-refractivity contribution >= 4 is 130 Å². The van der Waals surface area contributed by atoms with Gasteiger partial charge in [0.05, 0.1) is 0 Å². The molecule has 38 nitrogen and oxygen atoms in total. The average molecular weight is 1610 g/mol. The number of unbranched alkanes of at least 4 members (excludes halogenated alkanes) is 2. The molecule has 0 aliphatic carbocycles. The molecule has 0 saturated carbocycles. The fourth-order valence-corrected chi connectivity index (χ4v) is 14.0. The van der Waals surface area contributed by atoms with E-state index in [1.807, 2.05) is 0 Å². The van der Waals surface area contributed by atoms with Crippen LogP contribution in [-0.2, 0) is 171 Å². The molecule has 4 aliphatic rings. The summed E-state index contributed by atoms with van der Waals surface area (Å²) < 4.78 is 116. The van der Waals surface area contributed by atoms with Crippen LogP contribution in [0.2, 0.25) is 0 Å². The molecule has 6 rings (SSSR count). The fraction of sp³-hybridized carbons (Fsp3) is 0.606. The van der Waals surface area contributed by atoms with Crippen LogP contribution in [-0.4, -0.2) is 243 Å². The number of benzene rings is 2. The van der Waals surface area contributed by atoms with Gasteiger partial charge in [-0.05, 0) is 61.4 Å². The second kappa shape index (κ2) is 43.3. The molecule has 0 aromatic heterocycles. The van der Waals surface area contributed by atoms with Gasteiger partial charge in [0.25, 0.3) is 0 Å². The molecular formula is C71H90N2O36S2. The molecule has 4 heterocycles. The summed E-state index contributed by atoms with van der Waals surface area (Å²) in [6.45, 7) is 12.2. The van der Waals surface area contributed by atoms with Gasteiger partial charge >= 0.3 is 83.6 Å². The van der Waals surface area contributed by atoms with Crippen LogP contribution in [0.5, 0.6) is 0 Å². The number of hydrogen-bond acceptors (Lipinski definition) is 38. The molecule has 0 radical (unpaired) electrons. The molecular weight excluding hydrogens is 1520 g/mol. The Balaban J connectivity index is 1.09. The Morgan fingerprint density at radius 1 is 0.279 bits per heavy atom. The lowest BCUT2D eigenvalue weighted by Crippen LogP contribution is -2.66. The van der Waals surface area contributed by atoms with Crippen LogP contribution in [0, 0.1) is 0 Å². The van der Waals surface area contributed by atoms with Crippen molar-refractivity contribution < 1.29 is 171 Å². The predicted molar refractivity (Wildman–Crippen MR) is 371 cm³/mol. The Hall–Kier alpha value is -9.58. The summed E-state index contributed by atoms with van der Waals surface area (Å²) in [4.78, 5) is 203. The SMILES string of the molecule is CC(=O)OC[C@H]1O[C@@H](Sc2ccc(NC(=O)CCCCCC(=O)Nc3ccc(S[C@@H]4O[C@H](COC(C)=O)[C@@H](O[C@@H]5O[C@H](COC(C)=O)[C@@H](OC(C)=O)[C@H](OC(C)=O)[C@H]5OC(C)=O)[C@H](OC(C)=O)[C@H]4OC(C)=O)cc3)cc2)[C@H](OC(C)=O)[C@@H](OC(C)=O)[C@@H]1O[C@@H]1O[C@H](COC(C)=O)[C@@H](OC(C)=O)[C@H](OC(C)=O)[C@H]1OC(C)=O. The number of esters is 14. The predicted octanol–water partition coefficient (Wildman–Crippen LogP) is 3.64. The Kier molecular flexibility index (Phi) is 35.2. The highest BCUT2D eigenvalue weighted by Crippen LogP contribution is 2.43. The zero-order valence-electron chi connectivity index (χ0n) is 63.0. The maximum absolute atomic E-state index is 13.2. The summed E-state index contributed by atoms with van der Waals surface area (Å²) in [6.07, 6.45) is -28.1. The van der Waals surface area contributed by atoms with Crippen LogP contribution in [0.4, 0.5) is 11.4 Å². The first kappa shape index (κ1) is 90.3. The summed E-state index contributed by atoms with van der Waals surface area (Å²) in [6, 6.07) is 12.6. The standard InChI is InChI=1S/C71H90N2O36S2/c1-32(74)90-28-50-56(94-36(5)78)60(96-38(7)80)64(100-42(11)84)68(104-50)108-58-52(30-92-34(3)76)106-70(66(102-44(13)86)62(58)98-40(9)82)110-48-24-20-46(21-25-48)72-54(88)18-16-15-17-19-55(89)73-47-22-26-49(27-23-47)111-71-67(103-45(14)87)63(99-41(10)83)59(53(107-71)31-93-35(4)77)109-69-65(101-43(12)85)61(97-39(8)81)57(95-37(6)79)51(105-69)29-91-33(2)75/h20-27,50-53,56-71H,15-19,28-31H2,1-14H3,(H,72,88)(H,73,89)/t50-,51-,52-,53-,56-,57-,58-,59-,60+,61+,62+,63+,64-,65-,66-,67-,68+,69+,70+,71+/m1/s1. The van der Waals surface area contributed by atoms with E-state index in [0.29, 0.717) is 40.4 Å². The van der Waals surface area contributed by atoms with Crippen molar-refractivity contribution in [2.24, 2.45) is 0 Å². The maximum Gasteiger partial charge on any atom is 0.303 e. The van der Waals surface area contributed by atoms with E-state index in [0.717, 1.165) is 120 Å². The molecule has 0 spiro atoms. The number of anilines is 2. The molecule has 20 atom stereocenters. The highest BCUT2D eigenvalue weighted by Gasteiger charge is 2.60. The van der Waals surface area contributed by atoms with Crippen LogP contribution in [0.15, 0.2) is 58.3 Å². The average Bonchev–Trinajstić information content (AvgIpc) is 0.769. The van der Waals surface area contributed by atoms with E-state index in [2.05, 4.69) is 10.6 Å². The van der Waals surface area contributed by atoms with Crippen molar-refractivity contribution in [3.63, 3.8) is 0 Å². The number of amides is 2. The van der Waals surface area contributed by atoms with Gasteiger partial charge in [0.15, 0.2) is 73.6 Å². The second-order valence-electron chi connectivity index (χ2n) is 25.3. The zero-order valence-corrected chi connectivity index (χ0v) is 64.7. The second-order valence-corrected chi connectivity index (χ2v) is 27.6. The van der Waals surface area contributed by atoms with Crippen molar-refractivity contribution in [3.8, 4) is 0 Å². The van der Waals surface area contributed by atoms with Gasteiger partial charge in [-0.25, -0.2) is 0 Å². The van der Waals surface area contributed by atoms with Gasteiger partial charge in [-0.15, -0.1) is 0 Å². The first-order valence-electron chi connectivity index (χ1n) is 34.7. The molecule has 612 valence electrons. The van der Waals surface area contributed by atoms with Gasteiger partial charge in [-0.3, -0.25) is 76.7 Å². The monoisotopic (exact) mass is 1610 g/mol. The van der Waals surface area contributed by atoms with Crippen molar-refractivity contribution in [2.45, 2.75) is 260 Å². The van der Waals surface area contributed by atoms with E-state index in [-0.39, 0.29) is 24.7 Å². The number of ether oxygens (including phenoxy) is 20. The Morgan fingerprint density at radius 2 is 0.514 bits per heavy atom. The zero-order chi connectivity index (χ0) is 82.1. The molecule has 4 aliphatic heterocycles. The van der Waals surface area contributed by atoms with Crippen molar-refractivity contribution in [3.05, 3.63) is 48.5 Å². The number of nitrogens with one attached hydrogen (secondary N) is 2. The first-order chi connectivity index (χ1) is 52.3. The van der Waals surface area contributed by atoms with Gasteiger partial charge in [0.2, 0.25) is 11.8 Å². The summed E-state index contributed by atoms with van der Waals surface area (Å²) >= 11 is 1.92. The van der Waals surface area contributed by atoms with Crippen molar-refractivity contribution in [1.82, 2.24) is 0 Å². The molecule has 2 aromatic carbocycles. The number of carbonyl (C=O) groups is 16. The maximum atomic E-state index is 13.2. The Morgan fingerprint density at radius 3 is 0.775 bits per heavy atom. The summed E-state index contributed by atoms with van der Waals surface area (Å²) in [5.74, 6) is -13.1. The van der Waals surface area contributed by atoms with Crippen molar-refractivity contribution in [2.75, 3.05) is 37.1 Å². The van der Waals surface area contributed by atoms with Crippen LogP contribution in [0.3, 0.4) is 0 Å². The molecule has 4 saturated heterocycles. The third kappa shape index (κ3) is 29.2. The summed E-state index contributed by atoms with van der Waals surface area (Å²) in [5, 5.41) is 5.62. The summed E-state index contributed by atoms with van der Waals surface area (Å²) in [7, 11) is 0. The van der Waals surface area contributed by atoms with E-state index >= 15 is 0 Å². The molecule has 2 aromatic rings. The van der Waals surface area contributed by atoms with Crippen LogP contribution in [0.25, 0.3) is 0 Å². The first-order valence-corrected chi connectivity index (χ1v) is 36.4. The highest BCUT2D eigenvalue weighted by atomic mass is 32.2. The Bertz CT molecular complexity index is 3420.